The van der Waals surface area contributed by atoms with Gasteiger partial charge < -0.3 is 4.74 Å². The second-order valence-electron chi connectivity index (χ2n) is 3.49. The van der Waals surface area contributed by atoms with Crippen LogP contribution < -0.4 is 9.64 Å². The van der Waals surface area contributed by atoms with Crippen LogP contribution in [-0.4, -0.2) is 36.9 Å². The van der Waals surface area contributed by atoms with Gasteiger partial charge in [-0.05, 0) is 24.3 Å². The summed E-state index contributed by atoms with van der Waals surface area (Å²) in [6.07, 6.45) is 0. The highest BCUT2D eigenvalue weighted by atomic mass is 16.5. The van der Waals surface area contributed by atoms with Crippen LogP contribution >= 0.6 is 0 Å². The maximum atomic E-state index is 11.7. The molecule has 1 aliphatic rings. The average molecular weight is 234 g/mol. The van der Waals surface area contributed by atoms with Crippen LogP contribution in [0.25, 0.3) is 0 Å². The van der Waals surface area contributed by atoms with E-state index in [-0.39, 0.29) is 0 Å². The number of rotatable bonds is 2. The van der Waals surface area contributed by atoms with Gasteiger partial charge in [0.1, 0.15) is 5.75 Å². The first-order valence-corrected chi connectivity index (χ1v) is 4.86. The molecule has 0 spiro atoms. The van der Waals surface area contributed by atoms with E-state index >= 15 is 0 Å². The minimum atomic E-state index is -0.845. The zero-order valence-corrected chi connectivity index (χ0v) is 9.34. The van der Waals surface area contributed by atoms with Crippen LogP contribution in [0.15, 0.2) is 24.3 Å². The van der Waals surface area contributed by atoms with Crippen molar-refractivity contribution in [3.8, 4) is 5.75 Å². The Hall–Kier alpha value is -2.37. The molecular weight excluding hydrogens is 224 g/mol. The molecule has 1 fully saturated rings. The number of imide groups is 2. The van der Waals surface area contributed by atoms with Crippen LogP contribution in [-0.2, 0) is 9.59 Å². The maximum absolute atomic E-state index is 11.7. The number of carbonyl (C=O) groups is 3. The molecule has 1 aromatic rings. The minimum absolute atomic E-state index is 0.346. The predicted molar refractivity (Wildman–Crippen MR) is 58.6 cm³/mol. The summed E-state index contributed by atoms with van der Waals surface area (Å²) in [6, 6.07) is 5.66. The lowest BCUT2D eigenvalue weighted by atomic mass is 10.3. The number of urea groups is 1. The molecule has 0 radical (unpaired) electrons. The van der Waals surface area contributed by atoms with Crippen molar-refractivity contribution in [2.45, 2.75) is 0 Å². The number of ether oxygens (including phenoxy) is 1. The Morgan fingerprint density at radius 2 is 1.59 bits per heavy atom. The van der Waals surface area contributed by atoms with Gasteiger partial charge in [-0.2, -0.15) is 0 Å². The largest absolute Gasteiger partial charge is 0.497 e. The maximum Gasteiger partial charge on any atom is 0.338 e. The van der Waals surface area contributed by atoms with E-state index in [1.807, 2.05) is 0 Å². The summed E-state index contributed by atoms with van der Waals surface area (Å²) in [7, 11) is 2.78. The number of carbonyl (C=O) groups excluding carboxylic acids is 3. The van der Waals surface area contributed by atoms with Gasteiger partial charge in [0, 0.05) is 7.05 Å². The monoisotopic (exact) mass is 234 g/mol. The fourth-order valence-electron chi connectivity index (χ4n) is 1.52. The van der Waals surface area contributed by atoms with Crippen molar-refractivity contribution in [2.75, 3.05) is 19.1 Å². The molecule has 0 N–H and O–H groups in total. The Bertz CT molecular complexity index is 495. The summed E-state index contributed by atoms with van der Waals surface area (Å²) >= 11 is 0. The number of benzene rings is 1. The highest BCUT2D eigenvalue weighted by Gasteiger charge is 2.43. The molecule has 0 saturated carbocycles. The van der Waals surface area contributed by atoms with Gasteiger partial charge in [-0.1, -0.05) is 0 Å². The van der Waals surface area contributed by atoms with Crippen LogP contribution in [0, 0.1) is 0 Å². The molecule has 0 unspecified atom stereocenters. The van der Waals surface area contributed by atoms with Gasteiger partial charge >= 0.3 is 17.8 Å². The standard InChI is InChI=1S/C11H10N2O4/c1-12-9(14)10(15)13(11(12)16)7-3-5-8(17-2)6-4-7/h3-6H,1-2H3. The SMILES string of the molecule is COc1ccc(N2C(=O)C(=O)N(C)C2=O)cc1. The number of hydrogen-bond donors (Lipinski definition) is 0. The van der Waals surface area contributed by atoms with E-state index in [4.69, 9.17) is 4.74 Å². The van der Waals surface area contributed by atoms with Crippen LogP contribution in [0.1, 0.15) is 0 Å². The van der Waals surface area contributed by atoms with Crippen molar-refractivity contribution in [1.29, 1.82) is 0 Å². The molecule has 6 nitrogen and oxygen atoms in total. The Morgan fingerprint density at radius 3 is 2.00 bits per heavy atom. The molecule has 88 valence electrons. The summed E-state index contributed by atoms with van der Waals surface area (Å²) in [6.45, 7) is 0. The lowest BCUT2D eigenvalue weighted by Gasteiger charge is -2.12. The van der Waals surface area contributed by atoms with Crippen LogP contribution in [0.3, 0.4) is 0 Å². The highest BCUT2D eigenvalue weighted by Crippen LogP contribution is 2.23. The van der Waals surface area contributed by atoms with E-state index in [1.165, 1.54) is 14.2 Å². The summed E-state index contributed by atoms with van der Waals surface area (Å²) in [5.41, 5.74) is 0.346. The van der Waals surface area contributed by atoms with E-state index in [0.29, 0.717) is 11.4 Å². The summed E-state index contributed by atoms with van der Waals surface area (Å²) in [4.78, 5) is 36.2. The first kappa shape index (κ1) is 11.1. The normalized spacial score (nSPS) is 15.8. The van der Waals surface area contributed by atoms with Crippen molar-refractivity contribution in [2.24, 2.45) is 0 Å². The summed E-state index contributed by atoms with van der Waals surface area (Å²) in [5, 5.41) is 0. The van der Waals surface area contributed by atoms with Crippen molar-refractivity contribution in [3.63, 3.8) is 0 Å². The Labute approximate surface area is 97.4 Å². The third-order valence-electron chi connectivity index (χ3n) is 2.50. The lowest BCUT2D eigenvalue weighted by Crippen LogP contribution is -2.31. The first-order chi connectivity index (χ1) is 8.06. The van der Waals surface area contributed by atoms with E-state index < -0.39 is 17.8 Å². The van der Waals surface area contributed by atoms with Gasteiger partial charge in [0.25, 0.3) is 0 Å². The molecule has 1 aliphatic heterocycles. The van der Waals surface area contributed by atoms with Gasteiger partial charge in [0.15, 0.2) is 0 Å². The van der Waals surface area contributed by atoms with Crippen molar-refractivity contribution >= 4 is 23.5 Å². The summed E-state index contributed by atoms with van der Waals surface area (Å²) in [5.74, 6) is -1.07. The van der Waals surface area contributed by atoms with Gasteiger partial charge in [0.05, 0.1) is 12.8 Å². The van der Waals surface area contributed by atoms with Crippen LogP contribution in [0.2, 0.25) is 0 Å². The van der Waals surface area contributed by atoms with Crippen molar-refractivity contribution in [3.05, 3.63) is 24.3 Å². The topological polar surface area (TPSA) is 66.9 Å². The zero-order chi connectivity index (χ0) is 12.6. The lowest BCUT2D eigenvalue weighted by molar-refractivity contribution is -0.138. The zero-order valence-electron chi connectivity index (χ0n) is 9.34. The highest BCUT2D eigenvalue weighted by molar-refractivity contribution is 6.52. The number of hydrogen-bond acceptors (Lipinski definition) is 4. The number of likely N-dealkylation sites (N-methyl/N-ethyl adjacent to an activating group) is 1. The molecule has 0 atom stereocenters. The first-order valence-electron chi connectivity index (χ1n) is 4.86. The third-order valence-corrected chi connectivity index (χ3v) is 2.50. The van der Waals surface area contributed by atoms with Gasteiger partial charge in [-0.15, -0.1) is 0 Å². The van der Waals surface area contributed by atoms with Crippen molar-refractivity contribution < 1.29 is 19.1 Å². The number of nitrogens with zero attached hydrogens (tertiary/aromatic N) is 2. The molecule has 0 aromatic heterocycles. The van der Waals surface area contributed by atoms with Gasteiger partial charge in [0.2, 0.25) is 0 Å². The smallest absolute Gasteiger partial charge is 0.338 e. The van der Waals surface area contributed by atoms with Crippen molar-refractivity contribution in [1.82, 2.24) is 4.90 Å². The molecule has 1 saturated heterocycles. The minimum Gasteiger partial charge on any atom is -0.497 e. The van der Waals surface area contributed by atoms with Gasteiger partial charge in [-0.25, -0.2) is 9.69 Å². The average Bonchev–Trinajstić information content (AvgIpc) is 2.54. The Balaban J connectivity index is 2.36. The second-order valence-corrected chi connectivity index (χ2v) is 3.49. The molecule has 2 rings (SSSR count). The molecule has 6 heteroatoms. The summed E-state index contributed by atoms with van der Waals surface area (Å²) < 4.78 is 4.96. The second kappa shape index (κ2) is 3.89. The quantitative estimate of drug-likeness (QED) is 0.555. The number of amides is 4. The third kappa shape index (κ3) is 1.63. The molecule has 4 amide bonds. The number of methoxy groups -OCH3 is 1. The molecule has 17 heavy (non-hydrogen) atoms. The molecular formula is C11H10N2O4. The van der Waals surface area contributed by atoms with E-state index in [9.17, 15) is 14.4 Å². The molecule has 0 bridgehead atoms. The predicted octanol–water partition coefficient (Wildman–Crippen LogP) is 0.620. The fourth-order valence-corrected chi connectivity index (χ4v) is 1.52. The molecule has 1 heterocycles. The Kier molecular flexibility index (Phi) is 2.55. The Morgan fingerprint density at radius 1 is 1.00 bits per heavy atom. The van der Waals surface area contributed by atoms with Crippen LogP contribution in [0.4, 0.5) is 10.5 Å². The van der Waals surface area contributed by atoms with Gasteiger partial charge in [-0.3, -0.25) is 14.5 Å². The molecule has 1 aromatic carbocycles. The van der Waals surface area contributed by atoms with E-state index in [0.717, 1.165) is 9.80 Å². The fraction of sp³-hybridized carbons (Fsp3) is 0.182. The number of anilines is 1. The van der Waals surface area contributed by atoms with E-state index in [1.54, 1.807) is 24.3 Å². The molecule has 0 aliphatic carbocycles. The van der Waals surface area contributed by atoms with E-state index in [2.05, 4.69) is 0 Å². The van der Waals surface area contributed by atoms with Crippen LogP contribution in [0.5, 0.6) is 5.75 Å².